The van der Waals surface area contributed by atoms with E-state index in [1.54, 1.807) is 13.8 Å². The quantitative estimate of drug-likeness (QED) is 0.450. The summed E-state index contributed by atoms with van der Waals surface area (Å²) in [5, 5.41) is -0.665. The van der Waals surface area contributed by atoms with Crippen LogP contribution in [0.1, 0.15) is 19.4 Å². The highest BCUT2D eigenvalue weighted by molar-refractivity contribution is 6.63. The highest BCUT2D eigenvalue weighted by Gasteiger charge is 2.15. The molecule has 22 heavy (non-hydrogen) atoms. The van der Waals surface area contributed by atoms with Crippen LogP contribution in [-0.2, 0) is 20.7 Å². The molecule has 0 heterocycles. The highest BCUT2D eigenvalue weighted by atomic mass is 35.5. The molecular weight excluding hydrogens is 316 g/mol. The van der Waals surface area contributed by atoms with Crippen molar-refractivity contribution < 1.29 is 33.3 Å². The van der Waals surface area contributed by atoms with Gasteiger partial charge >= 0.3 is 12.3 Å². The maximum Gasteiger partial charge on any atom is 0.513 e. The van der Waals surface area contributed by atoms with Crippen LogP contribution in [0.3, 0.4) is 0 Å². The van der Waals surface area contributed by atoms with Crippen molar-refractivity contribution in [1.29, 1.82) is 0 Å². The first-order valence-corrected chi connectivity index (χ1v) is 6.84. The Balaban J connectivity index is 2.94. The minimum absolute atomic E-state index is 0.0867. The molecule has 0 bridgehead atoms. The van der Waals surface area contributed by atoms with E-state index in [2.05, 4.69) is 9.47 Å². The van der Waals surface area contributed by atoms with Gasteiger partial charge in [0.1, 0.15) is 11.5 Å². The van der Waals surface area contributed by atoms with Gasteiger partial charge in [0.2, 0.25) is 5.24 Å². The van der Waals surface area contributed by atoms with E-state index in [9.17, 15) is 14.4 Å². The van der Waals surface area contributed by atoms with Gasteiger partial charge in [-0.3, -0.25) is 4.79 Å². The molecule has 0 aromatic heterocycles. The first kappa shape index (κ1) is 17.8. The van der Waals surface area contributed by atoms with Crippen molar-refractivity contribution >= 4 is 29.2 Å². The van der Waals surface area contributed by atoms with Crippen molar-refractivity contribution in [2.45, 2.75) is 20.3 Å². The van der Waals surface area contributed by atoms with Crippen molar-refractivity contribution in [3.05, 3.63) is 23.8 Å². The molecule has 0 radical (unpaired) electrons. The SMILES string of the molecule is CCOC(=O)Oc1ccc(OC(=O)OCC)c(CC(=O)Cl)c1. The predicted octanol–water partition coefficient (Wildman–Crippen LogP) is 3.07. The molecule has 0 fully saturated rings. The molecule has 8 heteroatoms. The van der Waals surface area contributed by atoms with E-state index in [0.29, 0.717) is 0 Å². The summed E-state index contributed by atoms with van der Waals surface area (Å²) >= 11 is 5.35. The minimum atomic E-state index is -0.912. The van der Waals surface area contributed by atoms with Gasteiger partial charge < -0.3 is 18.9 Å². The van der Waals surface area contributed by atoms with E-state index >= 15 is 0 Å². The Bertz CT molecular complexity index is 556. The van der Waals surface area contributed by atoms with Crippen LogP contribution in [0, 0.1) is 0 Å². The summed E-state index contributed by atoms with van der Waals surface area (Å²) in [7, 11) is 0. The number of benzene rings is 1. The van der Waals surface area contributed by atoms with Crippen LogP contribution in [0.5, 0.6) is 11.5 Å². The average molecular weight is 331 g/mol. The Morgan fingerprint density at radius 2 is 1.59 bits per heavy atom. The lowest BCUT2D eigenvalue weighted by atomic mass is 10.1. The second-order valence-electron chi connectivity index (χ2n) is 3.87. The van der Waals surface area contributed by atoms with Gasteiger partial charge in [0.25, 0.3) is 0 Å². The number of halogens is 1. The van der Waals surface area contributed by atoms with Gasteiger partial charge in [-0.15, -0.1) is 0 Å². The molecular formula is C14H15ClO7. The number of ether oxygens (including phenoxy) is 4. The number of carbonyl (C=O) groups excluding carboxylic acids is 3. The normalized spacial score (nSPS) is 9.77. The van der Waals surface area contributed by atoms with Crippen LogP contribution >= 0.6 is 11.6 Å². The molecule has 0 N–H and O–H groups in total. The Labute approximate surface area is 132 Å². The Morgan fingerprint density at radius 3 is 2.14 bits per heavy atom. The third kappa shape index (κ3) is 6.01. The standard InChI is InChI=1S/C14H15ClO7/c1-3-19-13(17)21-10-5-6-11(22-14(18)20-4-2)9(7-10)8-12(15)16/h5-7H,3-4,8H2,1-2H3. The molecule has 0 aliphatic heterocycles. The molecule has 0 amide bonds. The summed E-state index contributed by atoms with van der Waals surface area (Å²) in [6, 6.07) is 4.10. The molecule has 0 saturated heterocycles. The first-order chi connectivity index (χ1) is 10.5. The van der Waals surface area contributed by atoms with Gasteiger partial charge in [-0.1, -0.05) is 0 Å². The largest absolute Gasteiger partial charge is 0.513 e. The van der Waals surface area contributed by atoms with Crippen LogP contribution in [0.2, 0.25) is 0 Å². The molecule has 0 unspecified atom stereocenters. The zero-order valence-corrected chi connectivity index (χ0v) is 12.8. The third-order valence-corrected chi connectivity index (χ3v) is 2.41. The fraction of sp³-hybridized carbons (Fsp3) is 0.357. The maximum atomic E-state index is 11.3. The number of hydrogen-bond donors (Lipinski definition) is 0. The summed E-state index contributed by atoms with van der Waals surface area (Å²) in [4.78, 5) is 33.7. The zero-order chi connectivity index (χ0) is 16.5. The predicted molar refractivity (Wildman–Crippen MR) is 76.3 cm³/mol. The van der Waals surface area contributed by atoms with Crippen molar-refractivity contribution in [2.24, 2.45) is 0 Å². The van der Waals surface area contributed by atoms with Gasteiger partial charge in [-0.25, -0.2) is 9.59 Å². The van der Waals surface area contributed by atoms with E-state index in [1.165, 1.54) is 18.2 Å². The second-order valence-corrected chi connectivity index (χ2v) is 4.29. The second kappa shape index (κ2) is 8.89. The molecule has 1 aromatic rings. The van der Waals surface area contributed by atoms with E-state index in [4.69, 9.17) is 21.1 Å². The number of rotatable bonds is 6. The lowest BCUT2D eigenvalue weighted by Crippen LogP contribution is -2.13. The maximum absolute atomic E-state index is 11.3. The third-order valence-electron chi connectivity index (χ3n) is 2.28. The molecule has 0 aliphatic rings. The lowest BCUT2D eigenvalue weighted by Gasteiger charge is -2.10. The van der Waals surface area contributed by atoms with Crippen molar-refractivity contribution in [1.82, 2.24) is 0 Å². The van der Waals surface area contributed by atoms with E-state index in [1.807, 2.05) is 0 Å². The molecule has 0 saturated carbocycles. The van der Waals surface area contributed by atoms with Crippen LogP contribution in [0.4, 0.5) is 9.59 Å². The molecule has 1 aromatic carbocycles. The molecule has 0 aliphatic carbocycles. The Hall–Kier alpha value is -2.28. The van der Waals surface area contributed by atoms with Crippen molar-refractivity contribution in [3.63, 3.8) is 0 Å². The molecule has 1 rings (SSSR count). The monoisotopic (exact) mass is 330 g/mol. The van der Waals surface area contributed by atoms with Gasteiger partial charge in [-0.2, -0.15) is 0 Å². The van der Waals surface area contributed by atoms with E-state index < -0.39 is 17.6 Å². The molecule has 120 valence electrons. The highest BCUT2D eigenvalue weighted by Crippen LogP contribution is 2.26. The zero-order valence-electron chi connectivity index (χ0n) is 12.1. The van der Waals surface area contributed by atoms with Crippen LogP contribution < -0.4 is 9.47 Å². The van der Waals surface area contributed by atoms with E-state index in [-0.39, 0.29) is 36.7 Å². The fourth-order valence-electron chi connectivity index (χ4n) is 1.49. The molecule has 0 spiro atoms. The van der Waals surface area contributed by atoms with Gasteiger partial charge in [0.05, 0.1) is 19.6 Å². The Kier molecular flexibility index (Phi) is 7.18. The summed E-state index contributed by atoms with van der Waals surface area (Å²) in [5.74, 6) is 0.214. The van der Waals surface area contributed by atoms with Crippen LogP contribution in [-0.4, -0.2) is 30.8 Å². The number of carbonyl (C=O) groups is 3. The van der Waals surface area contributed by atoms with Crippen molar-refractivity contribution in [3.8, 4) is 11.5 Å². The average Bonchev–Trinajstić information content (AvgIpc) is 2.41. The van der Waals surface area contributed by atoms with Crippen molar-refractivity contribution in [2.75, 3.05) is 13.2 Å². The molecule has 7 nitrogen and oxygen atoms in total. The Morgan fingerprint density at radius 1 is 1.00 bits per heavy atom. The number of hydrogen-bond acceptors (Lipinski definition) is 7. The fourth-order valence-corrected chi connectivity index (χ4v) is 1.63. The van der Waals surface area contributed by atoms with Gasteiger partial charge in [-0.05, 0) is 43.6 Å². The summed E-state index contributed by atoms with van der Waals surface area (Å²) in [6.45, 7) is 3.57. The van der Waals surface area contributed by atoms with Crippen LogP contribution in [0.15, 0.2) is 18.2 Å². The summed E-state index contributed by atoms with van der Waals surface area (Å²) < 4.78 is 19.1. The van der Waals surface area contributed by atoms with E-state index in [0.717, 1.165) is 0 Å². The lowest BCUT2D eigenvalue weighted by molar-refractivity contribution is -0.111. The van der Waals surface area contributed by atoms with Gasteiger partial charge in [0, 0.05) is 5.56 Å². The summed E-state index contributed by atoms with van der Waals surface area (Å²) in [6.07, 6.45) is -2.01. The first-order valence-electron chi connectivity index (χ1n) is 6.46. The van der Waals surface area contributed by atoms with Gasteiger partial charge in [0.15, 0.2) is 0 Å². The molecule has 0 atom stereocenters. The minimum Gasteiger partial charge on any atom is -0.434 e. The summed E-state index contributed by atoms with van der Waals surface area (Å²) in [5.41, 5.74) is 0.273. The van der Waals surface area contributed by atoms with Crippen LogP contribution in [0.25, 0.3) is 0 Å². The topological polar surface area (TPSA) is 88.1 Å². The smallest absolute Gasteiger partial charge is 0.434 e.